The second-order valence-corrected chi connectivity index (χ2v) is 11.2. The van der Waals surface area contributed by atoms with E-state index >= 15 is 0 Å². The summed E-state index contributed by atoms with van der Waals surface area (Å²) in [6, 6.07) is 4.68. The number of nitrogens with zero attached hydrogens (tertiary/aromatic N) is 1. The third-order valence-corrected chi connectivity index (χ3v) is 6.63. The molecule has 2 nitrogen and oxygen atoms in total. The van der Waals surface area contributed by atoms with Crippen molar-refractivity contribution in [3.05, 3.63) is 68.7 Å². The Kier molecular flexibility index (Phi) is 8.93. The highest BCUT2D eigenvalue weighted by Crippen LogP contribution is 2.26. The van der Waals surface area contributed by atoms with Crippen molar-refractivity contribution < 1.29 is 0 Å². The van der Waals surface area contributed by atoms with Gasteiger partial charge in [-0.15, -0.1) is 11.3 Å². The maximum Gasteiger partial charge on any atom is 0.0977 e. The first-order chi connectivity index (χ1) is 14.0. The van der Waals surface area contributed by atoms with Crippen LogP contribution in [0.25, 0.3) is 5.70 Å². The SMILES string of the molecule is C=C(CN/C(=C\C(C)C)c1csc(Cc2cc(C)c(CCBr)cc2C)n1)C(C)(C)C. The van der Waals surface area contributed by atoms with Gasteiger partial charge in [0.2, 0.25) is 0 Å². The van der Waals surface area contributed by atoms with E-state index in [1.807, 2.05) is 0 Å². The molecular formula is C26H37BrN2S. The number of aromatic nitrogens is 1. The normalized spacial score (nSPS) is 12.5. The molecule has 1 aromatic carbocycles. The minimum atomic E-state index is 0.0968. The lowest BCUT2D eigenvalue weighted by Crippen LogP contribution is -2.22. The Morgan fingerprint density at radius 2 is 1.83 bits per heavy atom. The summed E-state index contributed by atoms with van der Waals surface area (Å²) in [4.78, 5) is 4.98. The number of hydrogen-bond acceptors (Lipinski definition) is 3. The Morgan fingerprint density at radius 1 is 1.20 bits per heavy atom. The summed E-state index contributed by atoms with van der Waals surface area (Å²) in [5, 5.41) is 7.93. The number of aryl methyl sites for hydroxylation is 3. The van der Waals surface area contributed by atoms with Crippen molar-refractivity contribution in [1.29, 1.82) is 0 Å². The number of nitrogens with one attached hydrogen (secondary N) is 1. The van der Waals surface area contributed by atoms with Gasteiger partial charge in [-0.25, -0.2) is 4.98 Å². The van der Waals surface area contributed by atoms with E-state index in [0.29, 0.717) is 5.92 Å². The van der Waals surface area contributed by atoms with Gasteiger partial charge in [-0.05, 0) is 53.9 Å². The molecule has 2 aromatic rings. The van der Waals surface area contributed by atoms with Crippen molar-refractivity contribution in [3.8, 4) is 0 Å². The zero-order valence-electron chi connectivity index (χ0n) is 19.7. The molecule has 0 unspecified atom stereocenters. The fourth-order valence-electron chi connectivity index (χ4n) is 3.21. The number of halogens is 1. The first kappa shape index (κ1) is 24.9. The third-order valence-electron chi connectivity index (χ3n) is 5.38. The average molecular weight is 490 g/mol. The van der Waals surface area contributed by atoms with E-state index in [1.165, 1.54) is 27.8 Å². The molecule has 1 N–H and O–H groups in total. The predicted octanol–water partition coefficient (Wildman–Crippen LogP) is 7.48. The van der Waals surface area contributed by atoms with E-state index in [0.717, 1.165) is 41.1 Å². The minimum absolute atomic E-state index is 0.0968. The summed E-state index contributed by atoms with van der Waals surface area (Å²) in [6.07, 6.45) is 4.22. The second-order valence-electron chi connectivity index (χ2n) is 9.48. The summed E-state index contributed by atoms with van der Waals surface area (Å²) in [7, 11) is 0. The number of rotatable bonds is 9. The van der Waals surface area contributed by atoms with Gasteiger partial charge in [-0.2, -0.15) is 0 Å². The quantitative estimate of drug-likeness (QED) is 0.292. The first-order valence-corrected chi connectivity index (χ1v) is 12.7. The molecule has 164 valence electrons. The molecule has 0 spiro atoms. The Balaban J connectivity index is 2.20. The van der Waals surface area contributed by atoms with E-state index < -0.39 is 0 Å². The summed E-state index contributed by atoms with van der Waals surface area (Å²) in [5.41, 5.74) is 8.96. The molecule has 0 atom stereocenters. The average Bonchev–Trinajstić information content (AvgIpc) is 3.10. The van der Waals surface area contributed by atoms with Crippen molar-refractivity contribution in [2.75, 3.05) is 11.9 Å². The van der Waals surface area contributed by atoms with Gasteiger partial charge in [0, 0.05) is 23.7 Å². The Morgan fingerprint density at radius 3 is 2.43 bits per heavy atom. The van der Waals surface area contributed by atoms with Crippen molar-refractivity contribution >= 4 is 33.0 Å². The number of thiazole rings is 1. The smallest absolute Gasteiger partial charge is 0.0977 e. The molecule has 0 fully saturated rings. The molecule has 1 heterocycles. The standard InChI is InChI=1S/C26H37BrN2S/c1-17(2)11-23(28-15-20(5)26(6,7)8)24-16-30-25(29-24)14-22-13-18(3)21(9-10-27)12-19(22)4/h11-13,16-17,28H,5,9-10,14-15H2,1-4,6-8H3/b23-11-. The summed E-state index contributed by atoms with van der Waals surface area (Å²) in [6.45, 7) is 20.5. The van der Waals surface area contributed by atoms with E-state index in [-0.39, 0.29) is 5.41 Å². The molecule has 0 amide bonds. The van der Waals surface area contributed by atoms with E-state index in [9.17, 15) is 0 Å². The van der Waals surface area contributed by atoms with E-state index in [1.54, 1.807) is 11.3 Å². The van der Waals surface area contributed by atoms with Crippen LogP contribution in [0.3, 0.4) is 0 Å². The van der Waals surface area contributed by atoms with Gasteiger partial charge in [0.05, 0.1) is 16.4 Å². The Bertz CT molecular complexity index is 900. The summed E-state index contributed by atoms with van der Waals surface area (Å²) >= 11 is 5.30. The van der Waals surface area contributed by atoms with Gasteiger partial charge in [-0.1, -0.05) is 80.9 Å². The lowest BCUT2D eigenvalue weighted by Gasteiger charge is -2.23. The van der Waals surface area contributed by atoms with Crippen LogP contribution in [0.1, 0.15) is 67.6 Å². The van der Waals surface area contributed by atoms with Crippen molar-refractivity contribution in [1.82, 2.24) is 10.3 Å². The maximum absolute atomic E-state index is 4.98. The second kappa shape index (κ2) is 10.8. The molecule has 0 saturated carbocycles. The molecule has 2 rings (SSSR count). The molecule has 30 heavy (non-hydrogen) atoms. The molecule has 0 bridgehead atoms. The molecule has 1 aromatic heterocycles. The molecule has 4 heteroatoms. The van der Waals surface area contributed by atoms with Crippen LogP contribution in [-0.2, 0) is 12.8 Å². The van der Waals surface area contributed by atoms with Crippen molar-refractivity contribution in [2.24, 2.45) is 11.3 Å². The van der Waals surface area contributed by atoms with Gasteiger partial charge >= 0.3 is 0 Å². The molecule has 0 saturated heterocycles. The largest absolute Gasteiger partial charge is 0.380 e. The third kappa shape index (κ3) is 7.09. The van der Waals surface area contributed by atoms with Crippen molar-refractivity contribution in [2.45, 2.75) is 61.3 Å². The minimum Gasteiger partial charge on any atom is -0.380 e. The van der Waals surface area contributed by atoms with E-state index in [4.69, 9.17) is 4.98 Å². The number of alkyl halides is 1. The van der Waals surface area contributed by atoms with Gasteiger partial charge in [0.15, 0.2) is 0 Å². The van der Waals surface area contributed by atoms with Crippen LogP contribution in [0, 0.1) is 25.2 Å². The lowest BCUT2D eigenvalue weighted by atomic mass is 9.87. The van der Waals surface area contributed by atoms with Crippen LogP contribution in [0.2, 0.25) is 0 Å². The Labute approximate surface area is 196 Å². The zero-order chi connectivity index (χ0) is 22.5. The van der Waals surface area contributed by atoms with Crippen LogP contribution in [0.5, 0.6) is 0 Å². The highest BCUT2D eigenvalue weighted by atomic mass is 79.9. The zero-order valence-corrected chi connectivity index (χ0v) is 22.1. The van der Waals surface area contributed by atoms with Crippen molar-refractivity contribution in [3.63, 3.8) is 0 Å². The summed E-state index contributed by atoms with van der Waals surface area (Å²) in [5.74, 6) is 0.451. The fourth-order valence-corrected chi connectivity index (χ4v) is 4.46. The van der Waals surface area contributed by atoms with Gasteiger partial charge in [0.25, 0.3) is 0 Å². The lowest BCUT2D eigenvalue weighted by molar-refractivity contribution is 0.491. The van der Waals surface area contributed by atoms with Gasteiger partial charge in [-0.3, -0.25) is 0 Å². The molecular weight excluding hydrogens is 452 g/mol. The van der Waals surface area contributed by atoms with Crippen LogP contribution >= 0.6 is 27.3 Å². The van der Waals surface area contributed by atoms with Crippen LogP contribution in [0.4, 0.5) is 0 Å². The fraction of sp³-hybridized carbons (Fsp3) is 0.500. The van der Waals surface area contributed by atoms with E-state index in [2.05, 4.69) is 99.9 Å². The van der Waals surface area contributed by atoms with Gasteiger partial charge in [0.1, 0.15) is 0 Å². The van der Waals surface area contributed by atoms with Crippen LogP contribution in [0.15, 0.2) is 35.7 Å². The molecule has 0 aliphatic carbocycles. The summed E-state index contributed by atoms with van der Waals surface area (Å²) < 4.78 is 0. The molecule has 0 aliphatic rings. The van der Waals surface area contributed by atoms with Crippen LogP contribution in [-0.4, -0.2) is 16.9 Å². The topological polar surface area (TPSA) is 24.9 Å². The monoisotopic (exact) mass is 488 g/mol. The highest BCUT2D eigenvalue weighted by molar-refractivity contribution is 9.09. The Hall–Kier alpha value is -1.39. The number of allylic oxidation sites excluding steroid dienone is 1. The maximum atomic E-state index is 4.98. The molecule has 0 aliphatic heterocycles. The highest BCUT2D eigenvalue weighted by Gasteiger charge is 2.16. The predicted molar refractivity (Wildman–Crippen MR) is 138 cm³/mol. The van der Waals surface area contributed by atoms with Crippen LogP contribution < -0.4 is 5.32 Å². The number of hydrogen-bond donors (Lipinski definition) is 1. The number of benzene rings is 1. The first-order valence-electron chi connectivity index (χ1n) is 10.7. The van der Waals surface area contributed by atoms with Gasteiger partial charge < -0.3 is 5.32 Å². The molecule has 0 radical (unpaired) electrons.